The molecule has 0 unspecified atom stereocenters. The van der Waals surface area contributed by atoms with E-state index in [0.29, 0.717) is 0 Å². The molecule has 0 radical (unpaired) electrons. The van der Waals surface area contributed by atoms with E-state index in [-0.39, 0.29) is 0 Å². The van der Waals surface area contributed by atoms with Crippen LogP contribution in [0.15, 0.2) is 36.4 Å². The summed E-state index contributed by atoms with van der Waals surface area (Å²) < 4.78 is 0. The minimum atomic E-state index is 0.751. The molecule has 1 aromatic carbocycles. The number of H-pyrrole nitrogens is 1. The number of anilines is 1. The van der Waals surface area contributed by atoms with Crippen molar-refractivity contribution in [3.8, 4) is 0 Å². The summed E-state index contributed by atoms with van der Waals surface area (Å²) in [5.74, 6) is 0.751. The first-order valence-corrected chi connectivity index (χ1v) is 5.94. The van der Waals surface area contributed by atoms with Crippen LogP contribution in [0.3, 0.4) is 0 Å². The Morgan fingerprint density at radius 1 is 1.24 bits per heavy atom. The summed E-state index contributed by atoms with van der Waals surface area (Å²) in [6, 6.07) is 12.4. The van der Waals surface area contributed by atoms with E-state index in [1.54, 1.807) is 0 Å². The maximum Gasteiger partial charge on any atom is 0.101 e. The van der Waals surface area contributed by atoms with Crippen molar-refractivity contribution in [3.05, 3.63) is 53.2 Å². The zero-order valence-corrected chi connectivity index (χ0v) is 10.2. The van der Waals surface area contributed by atoms with Crippen molar-refractivity contribution in [1.29, 1.82) is 0 Å². The Kier molecular flexibility index (Phi) is 3.83. The number of hydrogen-bond donors (Lipinski definition) is 3. The number of aromatic amines is 1. The highest BCUT2D eigenvalue weighted by Crippen LogP contribution is 2.11. The molecule has 0 aliphatic rings. The van der Waals surface area contributed by atoms with Gasteiger partial charge in [0.1, 0.15) is 5.82 Å². The maximum atomic E-state index is 5.70. The van der Waals surface area contributed by atoms with Crippen LogP contribution in [0, 0.1) is 6.92 Å². The summed E-state index contributed by atoms with van der Waals surface area (Å²) in [4.78, 5) is 3.18. The zero-order valence-electron chi connectivity index (χ0n) is 10.2. The monoisotopic (exact) mass is 229 g/mol. The molecule has 0 aliphatic heterocycles. The molecule has 1 aromatic heterocycles. The molecule has 4 N–H and O–H groups in total. The standard InChI is InChI=1S/C14H19N3/c1-11-9-14(15)17-13(11)7-8-16-10-12-5-3-2-4-6-12/h2-6,9,16-17H,7-8,10,15H2,1H3. The number of benzene rings is 1. The van der Waals surface area contributed by atoms with Crippen LogP contribution in [0.5, 0.6) is 0 Å². The molecule has 1 heterocycles. The molecule has 0 bridgehead atoms. The quantitative estimate of drug-likeness (QED) is 0.689. The predicted molar refractivity (Wildman–Crippen MR) is 71.8 cm³/mol. The molecule has 2 aromatic rings. The topological polar surface area (TPSA) is 53.8 Å². The van der Waals surface area contributed by atoms with Crippen LogP contribution in [0.4, 0.5) is 5.82 Å². The fraction of sp³-hybridized carbons (Fsp3) is 0.286. The highest BCUT2D eigenvalue weighted by molar-refractivity contribution is 5.38. The summed E-state index contributed by atoms with van der Waals surface area (Å²) in [7, 11) is 0. The Morgan fingerprint density at radius 2 is 2.00 bits per heavy atom. The smallest absolute Gasteiger partial charge is 0.101 e. The second-order valence-electron chi connectivity index (χ2n) is 4.30. The summed E-state index contributed by atoms with van der Waals surface area (Å²) in [6.07, 6.45) is 0.982. The first kappa shape index (κ1) is 11.7. The summed E-state index contributed by atoms with van der Waals surface area (Å²) in [6.45, 7) is 3.95. The lowest BCUT2D eigenvalue weighted by molar-refractivity contribution is 0.680. The first-order chi connectivity index (χ1) is 8.25. The van der Waals surface area contributed by atoms with Crippen LogP contribution in [0.2, 0.25) is 0 Å². The number of aromatic nitrogens is 1. The molecule has 2 rings (SSSR count). The Bertz CT molecular complexity index is 460. The molecular formula is C14H19N3. The van der Waals surface area contributed by atoms with Crippen molar-refractivity contribution < 1.29 is 0 Å². The minimum absolute atomic E-state index is 0.751. The van der Waals surface area contributed by atoms with Gasteiger partial charge in [-0.15, -0.1) is 0 Å². The van der Waals surface area contributed by atoms with E-state index in [9.17, 15) is 0 Å². The molecule has 0 aliphatic carbocycles. The molecule has 0 saturated carbocycles. The number of nitrogens with one attached hydrogen (secondary N) is 2. The fourth-order valence-electron chi connectivity index (χ4n) is 1.93. The minimum Gasteiger partial charge on any atom is -0.385 e. The molecule has 0 spiro atoms. The molecular weight excluding hydrogens is 210 g/mol. The van der Waals surface area contributed by atoms with Gasteiger partial charge in [-0.3, -0.25) is 0 Å². The molecule has 0 fully saturated rings. The predicted octanol–water partition coefficient (Wildman–Crippen LogP) is 2.24. The van der Waals surface area contributed by atoms with E-state index >= 15 is 0 Å². The van der Waals surface area contributed by atoms with Gasteiger partial charge in [0.15, 0.2) is 0 Å². The van der Waals surface area contributed by atoms with E-state index in [0.717, 1.165) is 25.3 Å². The molecule has 0 saturated heterocycles. The summed E-state index contributed by atoms with van der Waals surface area (Å²) >= 11 is 0. The maximum absolute atomic E-state index is 5.70. The van der Waals surface area contributed by atoms with Gasteiger partial charge in [0.2, 0.25) is 0 Å². The van der Waals surface area contributed by atoms with Gasteiger partial charge in [-0.2, -0.15) is 0 Å². The zero-order chi connectivity index (χ0) is 12.1. The van der Waals surface area contributed by atoms with Crippen LogP contribution in [-0.2, 0) is 13.0 Å². The largest absolute Gasteiger partial charge is 0.385 e. The second kappa shape index (κ2) is 5.55. The Morgan fingerprint density at radius 3 is 2.65 bits per heavy atom. The van der Waals surface area contributed by atoms with E-state index in [4.69, 9.17) is 5.73 Å². The number of nitrogen functional groups attached to an aromatic ring is 1. The number of hydrogen-bond acceptors (Lipinski definition) is 2. The second-order valence-corrected chi connectivity index (χ2v) is 4.30. The molecule has 3 heteroatoms. The van der Waals surface area contributed by atoms with Gasteiger partial charge < -0.3 is 16.0 Å². The SMILES string of the molecule is Cc1cc(N)[nH]c1CCNCc1ccccc1. The molecule has 3 nitrogen and oxygen atoms in total. The van der Waals surface area contributed by atoms with E-state index < -0.39 is 0 Å². The van der Waals surface area contributed by atoms with Crippen molar-refractivity contribution in [2.45, 2.75) is 19.9 Å². The van der Waals surface area contributed by atoms with Crippen molar-refractivity contribution in [3.63, 3.8) is 0 Å². The van der Waals surface area contributed by atoms with Gasteiger partial charge >= 0.3 is 0 Å². The van der Waals surface area contributed by atoms with Gasteiger partial charge in [-0.1, -0.05) is 30.3 Å². The van der Waals surface area contributed by atoms with Crippen molar-refractivity contribution in [2.75, 3.05) is 12.3 Å². The van der Waals surface area contributed by atoms with Crippen molar-refractivity contribution in [1.82, 2.24) is 10.3 Å². The number of aryl methyl sites for hydroxylation is 1. The Hall–Kier alpha value is -1.74. The van der Waals surface area contributed by atoms with E-state index in [2.05, 4.69) is 41.5 Å². The van der Waals surface area contributed by atoms with Crippen molar-refractivity contribution >= 4 is 5.82 Å². The van der Waals surface area contributed by atoms with Crippen molar-refractivity contribution in [2.24, 2.45) is 0 Å². The van der Waals surface area contributed by atoms with Crippen LogP contribution in [0.25, 0.3) is 0 Å². The van der Waals surface area contributed by atoms with Gasteiger partial charge in [0, 0.05) is 25.2 Å². The van der Waals surface area contributed by atoms with Gasteiger partial charge in [0.25, 0.3) is 0 Å². The van der Waals surface area contributed by atoms with Gasteiger partial charge in [-0.25, -0.2) is 0 Å². The van der Waals surface area contributed by atoms with Crippen LogP contribution >= 0.6 is 0 Å². The lowest BCUT2D eigenvalue weighted by Crippen LogP contribution is -2.17. The van der Waals surface area contributed by atoms with Gasteiger partial charge in [-0.05, 0) is 24.1 Å². The normalized spacial score (nSPS) is 10.6. The highest BCUT2D eigenvalue weighted by atomic mass is 14.9. The third kappa shape index (κ3) is 3.36. The number of nitrogens with two attached hydrogens (primary N) is 1. The molecule has 0 amide bonds. The lowest BCUT2D eigenvalue weighted by Gasteiger charge is -2.04. The third-order valence-electron chi connectivity index (χ3n) is 2.87. The Labute approximate surface area is 102 Å². The van der Waals surface area contributed by atoms with E-state index in [1.807, 2.05) is 12.1 Å². The average molecular weight is 229 g/mol. The fourth-order valence-corrected chi connectivity index (χ4v) is 1.93. The van der Waals surface area contributed by atoms with Crippen LogP contribution in [-0.4, -0.2) is 11.5 Å². The summed E-state index contributed by atoms with van der Waals surface area (Å²) in [5.41, 5.74) is 9.48. The average Bonchev–Trinajstić information content (AvgIpc) is 2.65. The highest BCUT2D eigenvalue weighted by Gasteiger charge is 2.01. The van der Waals surface area contributed by atoms with E-state index in [1.165, 1.54) is 16.8 Å². The third-order valence-corrected chi connectivity index (χ3v) is 2.87. The molecule has 90 valence electrons. The van der Waals surface area contributed by atoms with Crippen LogP contribution in [0.1, 0.15) is 16.8 Å². The lowest BCUT2D eigenvalue weighted by atomic mass is 10.2. The molecule has 0 atom stereocenters. The van der Waals surface area contributed by atoms with Crippen LogP contribution < -0.4 is 11.1 Å². The first-order valence-electron chi connectivity index (χ1n) is 5.94. The Balaban J connectivity index is 1.75. The summed E-state index contributed by atoms with van der Waals surface area (Å²) in [5, 5.41) is 3.43. The number of rotatable bonds is 5. The molecule has 17 heavy (non-hydrogen) atoms. The van der Waals surface area contributed by atoms with Gasteiger partial charge in [0.05, 0.1) is 0 Å².